The van der Waals surface area contributed by atoms with Gasteiger partial charge in [-0.25, -0.2) is 14.3 Å². The van der Waals surface area contributed by atoms with E-state index >= 15 is 0 Å². The second-order valence-corrected chi connectivity index (χ2v) is 6.49. The molecule has 0 saturated carbocycles. The van der Waals surface area contributed by atoms with E-state index in [0.717, 1.165) is 28.3 Å². The minimum Gasteiger partial charge on any atom is -0.477 e. The molecule has 0 saturated heterocycles. The second kappa shape index (κ2) is 6.57. The first-order valence-electron chi connectivity index (χ1n) is 8.50. The Morgan fingerprint density at radius 2 is 1.93 bits per heavy atom. The topological polar surface area (TPSA) is 87.5 Å². The van der Waals surface area contributed by atoms with Crippen molar-refractivity contribution < 1.29 is 9.90 Å². The van der Waals surface area contributed by atoms with Crippen molar-refractivity contribution >= 4 is 11.6 Å². The van der Waals surface area contributed by atoms with E-state index in [9.17, 15) is 9.59 Å². The van der Waals surface area contributed by atoms with Crippen molar-refractivity contribution in [3.8, 4) is 11.1 Å². The first kappa shape index (κ1) is 16.8. The van der Waals surface area contributed by atoms with Gasteiger partial charge in [0.15, 0.2) is 5.65 Å². The lowest BCUT2D eigenvalue weighted by Crippen LogP contribution is -2.22. The van der Waals surface area contributed by atoms with E-state index in [1.54, 1.807) is 6.20 Å². The standard InChI is InChI=1S/C21H17N3O3/c1-13-3-2-4-15(9-13)10-14-5-7-16(8-6-14)17-12-23-24-19(17)22-11-18(20(24)25)21(26)27/h2-9,11-12,23H,10H2,1H3,(H,26,27). The van der Waals surface area contributed by atoms with Crippen LogP contribution in [0.5, 0.6) is 0 Å². The molecule has 0 bridgehead atoms. The summed E-state index contributed by atoms with van der Waals surface area (Å²) in [6.07, 6.45) is 3.60. The van der Waals surface area contributed by atoms with E-state index in [-0.39, 0.29) is 5.56 Å². The summed E-state index contributed by atoms with van der Waals surface area (Å²) in [5, 5.41) is 11.8. The largest absolute Gasteiger partial charge is 0.477 e. The summed E-state index contributed by atoms with van der Waals surface area (Å²) in [6.45, 7) is 2.08. The molecule has 4 rings (SSSR count). The SMILES string of the molecule is Cc1cccc(Cc2ccc(-c3c[nH]n4c(=O)c(C(=O)O)cnc34)cc2)c1. The smallest absolute Gasteiger partial charge is 0.343 e. The molecular weight excluding hydrogens is 342 g/mol. The maximum atomic E-state index is 12.2. The highest BCUT2D eigenvalue weighted by Gasteiger charge is 2.15. The maximum absolute atomic E-state index is 12.2. The number of benzene rings is 2. The van der Waals surface area contributed by atoms with Crippen LogP contribution in [0.3, 0.4) is 0 Å². The molecule has 6 nitrogen and oxygen atoms in total. The van der Waals surface area contributed by atoms with Crippen LogP contribution in [0.25, 0.3) is 16.8 Å². The number of hydrogen-bond acceptors (Lipinski definition) is 3. The number of nitrogens with one attached hydrogen (secondary N) is 1. The van der Waals surface area contributed by atoms with Gasteiger partial charge in [0.1, 0.15) is 5.56 Å². The van der Waals surface area contributed by atoms with Gasteiger partial charge in [0.25, 0.3) is 5.56 Å². The Labute approximate surface area is 154 Å². The number of carbonyl (C=O) groups is 1. The number of aromatic amines is 1. The number of aryl methyl sites for hydroxylation is 1. The summed E-state index contributed by atoms with van der Waals surface area (Å²) in [7, 11) is 0. The quantitative estimate of drug-likeness (QED) is 0.585. The molecule has 6 heteroatoms. The molecule has 0 atom stereocenters. The fourth-order valence-corrected chi connectivity index (χ4v) is 3.18. The van der Waals surface area contributed by atoms with Crippen molar-refractivity contribution in [2.24, 2.45) is 0 Å². The van der Waals surface area contributed by atoms with Gasteiger partial charge in [-0.05, 0) is 30.0 Å². The summed E-state index contributed by atoms with van der Waals surface area (Å²) in [5.74, 6) is -1.29. The van der Waals surface area contributed by atoms with Crippen LogP contribution in [0, 0.1) is 6.92 Å². The van der Waals surface area contributed by atoms with Gasteiger partial charge in [0.2, 0.25) is 0 Å². The Kier molecular flexibility index (Phi) is 4.08. The lowest BCUT2D eigenvalue weighted by atomic mass is 10.0. The van der Waals surface area contributed by atoms with Crippen LogP contribution in [-0.2, 0) is 6.42 Å². The first-order valence-corrected chi connectivity index (χ1v) is 8.50. The Morgan fingerprint density at radius 3 is 2.63 bits per heavy atom. The maximum Gasteiger partial charge on any atom is 0.343 e. The van der Waals surface area contributed by atoms with Gasteiger partial charge >= 0.3 is 5.97 Å². The molecule has 0 fully saturated rings. The number of fused-ring (bicyclic) bond motifs is 1. The number of nitrogens with zero attached hydrogens (tertiary/aromatic N) is 2. The van der Waals surface area contributed by atoms with Crippen molar-refractivity contribution in [3.05, 3.63) is 93.5 Å². The molecule has 2 aromatic carbocycles. The molecule has 0 radical (unpaired) electrons. The second-order valence-electron chi connectivity index (χ2n) is 6.49. The molecule has 2 aromatic heterocycles. The van der Waals surface area contributed by atoms with Gasteiger partial charge in [-0.1, -0.05) is 54.1 Å². The lowest BCUT2D eigenvalue weighted by molar-refractivity contribution is 0.0694. The van der Waals surface area contributed by atoms with Crippen molar-refractivity contribution in [1.29, 1.82) is 0 Å². The molecule has 2 N–H and O–H groups in total. The third-order valence-corrected chi connectivity index (χ3v) is 4.53. The van der Waals surface area contributed by atoms with Crippen molar-refractivity contribution in [2.45, 2.75) is 13.3 Å². The van der Waals surface area contributed by atoms with Crippen LogP contribution in [0.2, 0.25) is 0 Å². The molecule has 27 heavy (non-hydrogen) atoms. The van der Waals surface area contributed by atoms with Crippen LogP contribution in [0.1, 0.15) is 27.0 Å². The van der Waals surface area contributed by atoms with E-state index in [0.29, 0.717) is 5.65 Å². The van der Waals surface area contributed by atoms with Crippen LogP contribution in [0.4, 0.5) is 0 Å². The van der Waals surface area contributed by atoms with Crippen LogP contribution in [0.15, 0.2) is 65.7 Å². The summed E-state index contributed by atoms with van der Waals surface area (Å²) in [4.78, 5) is 27.4. The zero-order valence-corrected chi connectivity index (χ0v) is 14.6. The molecule has 0 aliphatic heterocycles. The number of aromatic nitrogens is 3. The predicted octanol–water partition coefficient (Wildman–Crippen LogP) is 3.29. The Bertz CT molecular complexity index is 1200. The molecule has 0 aliphatic carbocycles. The lowest BCUT2D eigenvalue weighted by Gasteiger charge is -2.05. The number of rotatable bonds is 4. The number of carboxylic acid groups (broad SMARTS) is 1. The summed E-state index contributed by atoms with van der Waals surface area (Å²) in [6, 6.07) is 16.5. The Hall–Kier alpha value is -3.67. The van der Waals surface area contributed by atoms with Crippen molar-refractivity contribution in [3.63, 3.8) is 0 Å². The average Bonchev–Trinajstić information content (AvgIpc) is 3.07. The minimum absolute atomic E-state index is 0.366. The highest BCUT2D eigenvalue weighted by atomic mass is 16.4. The number of H-pyrrole nitrogens is 1. The van der Waals surface area contributed by atoms with Gasteiger partial charge in [-0.2, -0.15) is 0 Å². The number of hydrogen-bond donors (Lipinski definition) is 2. The van der Waals surface area contributed by atoms with Gasteiger partial charge in [0, 0.05) is 18.0 Å². The van der Waals surface area contributed by atoms with Crippen LogP contribution in [-0.4, -0.2) is 25.7 Å². The average molecular weight is 359 g/mol. The Balaban J connectivity index is 1.67. The van der Waals surface area contributed by atoms with Gasteiger partial charge in [0.05, 0.1) is 0 Å². The third kappa shape index (κ3) is 3.13. The zero-order chi connectivity index (χ0) is 19.0. The normalized spacial score (nSPS) is 11.0. The van der Waals surface area contributed by atoms with Gasteiger partial charge < -0.3 is 5.11 Å². The monoisotopic (exact) mass is 359 g/mol. The van der Waals surface area contributed by atoms with E-state index in [2.05, 4.69) is 41.3 Å². The van der Waals surface area contributed by atoms with Crippen LogP contribution < -0.4 is 5.56 Å². The molecule has 0 aliphatic rings. The van der Waals surface area contributed by atoms with E-state index in [1.165, 1.54) is 16.7 Å². The van der Waals surface area contributed by atoms with E-state index in [1.807, 2.05) is 24.3 Å². The molecular formula is C21H17N3O3. The predicted molar refractivity (Wildman–Crippen MR) is 102 cm³/mol. The highest BCUT2D eigenvalue weighted by molar-refractivity contribution is 5.87. The van der Waals surface area contributed by atoms with Gasteiger partial charge in [-0.3, -0.25) is 9.89 Å². The van der Waals surface area contributed by atoms with E-state index < -0.39 is 11.5 Å². The summed E-state index contributed by atoms with van der Waals surface area (Å²) >= 11 is 0. The van der Waals surface area contributed by atoms with E-state index in [4.69, 9.17) is 5.11 Å². The fourth-order valence-electron chi connectivity index (χ4n) is 3.18. The van der Waals surface area contributed by atoms with Crippen molar-refractivity contribution in [2.75, 3.05) is 0 Å². The molecule has 2 heterocycles. The summed E-state index contributed by atoms with van der Waals surface area (Å²) < 4.78 is 1.15. The zero-order valence-electron chi connectivity index (χ0n) is 14.6. The fraction of sp³-hybridized carbons (Fsp3) is 0.0952. The number of carboxylic acids is 1. The first-order chi connectivity index (χ1) is 13.0. The highest BCUT2D eigenvalue weighted by Crippen LogP contribution is 2.23. The molecule has 0 unspecified atom stereocenters. The number of aromatic carboxylic acids is 1. The minimum atomic E-state index is -1.29. The molecule has 0 spiro atoms. The molecule has 134 valence electrons. The summed E-state index contributed by atoms with van der Waals surface area (Å²) in [5.41, 5.74) is 4.72. The van der Waals surface area contributed by atoms with Gasteiger partial charge in [-0.15, -0.1) is 0 Å². The third-order valence-electron chi connectivity index (χ3n) is 4.53. The molecule has 4 aromatic rings. The Morgan fingerprint density at radius 1 is 1.15 bits per heavy atom. The molecule has 0 amide bonds. The van der Waals surface area contributed by atoms with Crippen molar-refractivity contribution in [1.82, 2.24) is 14.6 Å². The van der Waals surface area contributed by atoms with Crippen LogP contribution >= 0.6 is 0 Å².